The van der Waals surface area contributed by atoms with Crippen molar-refractivity contribution in [2.75, 3.05) is 16.8 Å². The highest BCUT2D eigenvalue weighted by Gasteiger charge is 2.34. The standard InChI is InChI=1S/C20H17N5O2S/c26-18(24-19-22-15(12-28-19)13-6-3-4-10-21-13)16-8-5-11-25(16)20-23-14-7-1-2-9-17(14)27-20/h1-4,6-7,9-10,12,16H,5,8,11H2,(H,22,24,26). The molecule has 1 atom stereocenters. The van der Waals surface area contributed by atoms with Gasteiger partial charge in [0.2, 0.25) is 5.91 Å². The summed E-state index contributed by atoms with van der Waals surface area (Å²) in [6.07, 6.45) is 3.39. The van der Waals surface area contributed by atoms with E-state index in [-0.39, 0.29) is 11.9 Å². The lowest BCUT2D eigenvalue weighted by molar-refractivity contribution is -0.117. The number of thiazole rings is 1. The van der Waals surface area contributed by atoms with Gasteiger partial charge in [-0.25, -0.2) is 4.98 Å². The summed E-state index contributed by atoms with van der Waals surface area (Å²) in [5, 5.41) is 5.40. The van der Waals surface area contributed by atoms with Crippen LogP contribution >= 0.6 is 11.3 Å². The van der Waals surface area contributed by atoms with Gasteiger partial charge in [-0.1, -0.05) is 18.2 Å². The van der Waals surface area contributed by atoms with E-state index in [1.54, 1.807) is 6.20 Å². The van der Waals surface area contributed by atoms with Crippen LogP contribution in [0.4, 0.5) is 11.1 Å². The molecule has 1 fully saturated rings. The number of oxazole rings is 1. The second kappa shape index (κ2) is 7.05. The average molecular weight is 391 g/mol. The van der Waals surface area contributed by atoms with Gasteiger partial charge in [-0.15, -0.1) is 11.3 Å². The van der Waals surface area contributed by atoms with E-state index >= 15 is 0 Å². The highest BCUT2D eigenvalue weighted by atomic mass is 32.1. The number of benzene rings is 1. The Balaban J connectivity index is 1.34. The number of carbonyl (C=O) groups excluding carboxylic acids is 1. The monoisotopic (exact) mass is 391 g/mol. The predicted molar refractivity (Wildman–Crippen MR) is 108 cm³/mol. The lowest BCUT2D eigenvalue weighted by Gasteiger charge is -2.21. The number of aromatic nitrogens is 3. The highest BCUT2D eigenvalue weighted by molar-refractivity contribution is 7.14. The summed E-state index contributed by atoms with van der Waals surface area (Å²) in [6, 6.07) is 13.5. The van der Waals surface area contributed by atoms with Crippen molar-refractivity contribution in [2.24, 2.45) is 0 Å². The predicted octanol–water partition coefficient (Wildman–Crippen LogP) is 3.95. The Morgan fingerprint density at radius 1 is 1.14 bits per heavy atom. The Morgan fingerprint density at radius 2 is 2.04 bits per heavy atom. The zero-order valence-corrected chi connectivity index (χ0v) is 15.7. The molecule has 28 heavy (non-hydrogen) atoms. The third-order valence-corrected chi connectivity index (χ3v) is 5.50. The Morgan fingerprint density at radius 3 is 2.89 bits per heavy atom. The van der Waals surface area contributed by atoms with Crippen molar-refractivity contribution in [1.82, 2.24) is 15.0 Å². The first-order chi connectivity index (χ1) is 13.8. The molecule has 8 heteroatoms. The summed E-state index contributed by atoms with van der Waals surface area (Å²) in [7, 11) is 0. The smallest absolute Gasteiger partial charge is 0.299 e. The van der Waals surface area contributed by atoms with Gasteiger partial charge in [0.1, 0.15) is 17.3 Å². The molecule has 4 heterocycles. The first-order valence-electron chi connectivity index (χ1n) is 9.08. The van der Waals surface area contributed by atoms with Crippen LogP contribution < -0.4 is 10.2 Å². The van der Waals surface area contributed by atoms with Crippen molar-refractivity contribution < 1.29 is 9.21 Å². The minimum atomic E-state index is -0.324. The number of hydrogen-bond donors (Lipinski definition) is 1. The molecule has 5 rings (SSSR count). The molecular formula is C20H17N5O2S. The lowest BCUT2D eigenvalue weighted by Crippen LogP contribution is -2.39. The minimum Gasteiger partial charge on any atom is -0.423 e. The molecule has 1 saturated heterocycles. The van der Waals surface area contributed by atoms with Crippen molar-refractivity contribution in [1.29, 1.82) is 0 Å². The summed E-state index contributed by atoms with van der Waals surface area (Å²) in [5.41, 5.74) is 3.06. The number of nitrogens with one attached hydrogen (secondary N) is 1. The summed E-state index contributed by atoms with van der Waals surface area (Å²) in [4.78, 5) is 28.1. The summed E-state index contributed by atoms with van der Waals surface area (Å²) < 4.78 is 5.86. The molecule has 1 aromatic carbocycles. The van der Waals surface area contributed by atoms with Crippen LogP contribution in [-0.4, -0.2) is 33.4 Å². The van der Waals surface area contributed by atoms with Gasteiger partial charge in [0.25, 0.3) is 6.01 Å². The Hall–Kier alpha value is -3.26. The molecular weight excluding hydrogens is 374 g/mol. The van der Waals surface area contributed by atoms with E-state index in [9.17, 15) is 4.79 Å². The van der Waals surface area contributed by atoms with Crippen molar-refractivity contribution in [2.45, 2.75) is 18.9 Å². The van der Waals surface area contributed by atoms with Crippen LogP contribution in [-0.2, 0) is 4.79 Å². The van der Waals surface area contributed by atoms with E-state index < -0.39 is 0 Å². The van der Waals surface area contributed by atoms with Gasteiger partial charge in [0.15, 0.2) is 10.7 Å². The molecule has 0 bridgehead atoms. The van der Waals surface area contributed by atoms with E-state index in [0.717, 1.165) is 41.9 Å². The van der Waals surface area contributed by atoms with Crippen LogP contribution in [0.15, 0.2) is 58.5 Å². The van der Waals surface area contributed by atoms with Gasteiger partial charge in [-0.2, -0.15) is 4.98 Å². The number of hydrogen-bond acceptors (Lipinski definition) is 7. The van der Waals surface area contributed by atoms with Crippen molar-refractivity contribution in [3.05, 3.63) is 54.0 Å². The third-order valence-electron chi connectivity index (χ3n) is 4.75. The number of fused-ring (bicyclic) bond motifs is 1. The van der Waals surface area contributed by atoms with Gasteiger partial charge >= 0.3 is 0 Å². The zero-order chi connectivity index (χ0) is 18.9. The van der Waals surface area contributed by atoms with E-state index in [1.165, 1.54) is 11.3 Å². The quantitative estimate of drug-likeness (QED) is 0.567. The van der Waals surface area contributed by atoms with E-state index in [0.29, 0.717) is 11.1 Å². The molecule has 0 aliphatic carbocycles. The van der Waals surface area contributed by atoms with Gasteiger partial charge in [-0.05, 0) is 37.1 Å². The third kappa shape index (κ3) is 3.11. The SMILES string of the molecule is O=C(Nc1nc(-c2ccccn2)cs1)C1CCCN1c1nc2ccccc2o1. The number of amides is 1. The van der Waals surface area contributed by atoms with Crippen LogP contribution in [0.3, 0.4) is 0 Å². The summed E-state index contributed by atoms with van der Waals surface area (Å²) in [6.45, 7) is 0.738. The number of pyridine rings is 1. The molecule has 4 aromatic rings. The number of anilines is 2. The fraction of sp³-hybridized carbons (Fsp3) is 0.200. The Bertz CT molecular complexity index is 1090. The van der Waals surface area contributed by atoms with E-state index in [1.807, 2.05) is 52.7 Å². The maximum Gasteiger partial charge on any atom is 0.299 e. The topological polar surface area (TPSA) is 84.2 Å². The van der Waals surface area contributed by atoms with E-state index in [4.69, 9.17) is 4.42 Å². The van der Waals surface area contributed by atoms with Crippen LogP contribution in [0.2, 0.25) is 0 Å². The molecule has 1 unspecified atom stereocenters. The first-order valence-corrected chi connectivity index (χ1v) is 9.96. The molecule has 1 aliphatic rings. The molecule has 0 radical (unpaired) electrons. The Labute approximate surface area is 165 Å². The summed E-state index contributed by atoms with van der Waals surface area (Å²) in [5.74, 6) is -0.0957. The van der Waals surface area contributed by atoms with Crippen LogP contribution in [0.25, 0.3) is 22.5 Å². The fourth-order valence-electron chi connectivity index (χ4n) is 3.40. The molecule has 3 aromatic heterocycles. The van der Waals surface area contributed by atoms with Crippen molar-refractivity contribution in [3.63, 3.8) is 0 Å². The molecule has 0 spiro atoms. The average Bonchev–Trinajstić information content (AvgIpc) is 3.47. The molecule has 1 aliphatic heterocycles. The summed E-state index contributed by atoms with van der Waals surface area (Å²) >= 11 is 1.39. The number of carbonyl (C=O) groups is 1. The van der Waals surface area contributed by atoms with Gasteiger partial charge in [0.05, 0.1) is 5.69 Å². The largest absolute Gasteiger partial charge is 0.423 e. The molecule has 7 nitrogen and oxygen atoms in total. The van der Waals surface area contributed by atoms with Crippen molar-refractivity contribution in [3.8, 4) is 11.4 Å². The number of nitrogens with zero attached hydrogens (tertiary/aromatic N) is 4. The van der Waals surface area contributed by atoms with Gasteiger partial charge in [-0.3, -0.25) is 9.78 Å². The molecule has 1 amide bonds. The van der Waals surface area contributed by atoms with Crippen molar-refractivity contribution >= 4 is 39.5 Å². The number of para-hydroxylation sites is 2. The highest BCUT2D eigenvalue weighted by Crippen LogP contribution is 2.30. The van der Waals surface area contributed by atoms with Gasteiger partial charge < -0.3 is 14.6 Å². The maximum absolute atomic E-state index is 12.9. The molecule has 1 N–H and O–H groups in total. The zero-order valence-electron chi connectivity index (χ0n) is 14.9. The van der Waals surface area contributed by atoms with Crippen LogP contribution in [0, 0.1) is 0 Å². The Kier molecular flexibility index (Phi) is 4.25. The minimum absolute atomic E-state index is 0.0957. The second-order valence-corrected chi connectivity index (χ2v) is 7.42. The molecule has 0 saturated carbocycles. The lowest BCUT2D eigenvalue weighted by atomic mass is 10.2. The fourth-order valence-corrected chi connectivity index (χ4v) is 4.11. The van der Waals surface area contributed by atoms with Crippen LogP contribution in [0.5, 0.6) is 0 Å². The maximum atomic E-state index is 12.9. The second-order valence-electron chi connectivity index (χ2n) is 6.56. The normalized spacial score (nSPS) is 16.6. The van der Waals surface area contributed by atoms with E-state index in [2.05, 4.69) is 20.3 Å². The number of rotatable bonds is 4. The van der Waals surface area contributed by atoms with Crippen LogP contribution in [0.1, 0.15) is 12.8 Å². The first kappa shape index (κ1) is 16.9. The van der Waals surface area contributed by atoms with Gasteiger partial charge in [0, 0.05) is 18.1 Å². The molecule has 140 valence electrons.